The predicted molar refractivity (Wildman–Crippen MR) is 136 cm³/mol. The summed E-state index contributed by atoms with van der Waals surface area (Å²) in [6.07, 6.45) is -0.533. The van der Waals surface area contributed by atoms with Gasteiger partial charge < -0.3 is 29.6 Å². The molecule has 0 spiro atoms. The van der Waals surface area contributed by atoms with E-state index in [-0.39, 0.29) is 34.4 Å². The van der Waals surface area contributed by atoms with Gasteiger partial charge in [-0.2, -0.15) is 0 Å². The zero-order valence-electron chi connectivity index (χ0n) is 20.1. The minimum absolute atomic E-state index is 0.155. The fourth-order valence-electron chi connectivity index (χ4n) is 3.18. The van der Waals surface area contributed by atoms with E-state index in [4.69, 9.17) is 9.47 Å². The van der Waals surface area contributed by atoms with Gasteiger partial charge in [0, 0.05) is 45.6 Å². The number of hydrogen-bond donors (Lipinski definition) is 3. The third-order valence-corrected chi connectivity index (χ3v) is 6.28. The van der Waals surface area contributed by atoms with Crippen LogP contribution in [-0.2, 0) is 20.0 Å². The predicted octanol–water partition coefficient (Wildman–Crippen LogP) is 4.09. The first-order chi connectivity index (χ1) is 16.8. The molecule has 3 aromatic rings. The van der Waals surface area contributed by atoms with Crippen LogP contribution in [0.2, 0.25) is 0 Å². The Kier molecular flexibility index (Phi) is 11.5. The van der Waals surface area contributed by atoms with Crippen molar-refractivity contribution in [2.45, 2.75) is 24.2 Å². The SMILES string of the molecule is CCOC.COC(OC)C(CNC(=O)c1cc2cc(O)cc([N+](=O)[O-])c2[nH]1)SCc1ccccc1. The van der Waals surface area contributed by atoms with Crippen LogP contribution in [-0.4, -0.2) is 66.9 Å². The number of benzene rings is 2. The number of phenolic OH excluding ortho intramolecular Hbond substituents is 1. The third kappa shape index (κ3) is 8.25. The summed E-state index contributed by atoms with van der Waals surface area (Å²) in [7, 11) is 4.75. The number of fused-ring (bicyclic) bond motifs is 1. The van der Waals surface area contributed by atoms with E-state index >= 15 is 0 Å². The molecule has 1 aromatic heterocycles. The van der Waals surface area contributed by atoms with Gasteiger partial charge in [-0.05, 0) is 24.6 Å². The van der Waals surface area contributed by atoms with E-state index < -0.39 is 17.1 Å². The molecule has 0 radical (unpaired) electrons. The van der Waals surface area contributed by atoms with Gasteiger partial charge in [0.1, 0.15) is 17.0 Å². The van der Waals surface area contributed by atoms with Crippen molar-refractivity contribution >= 4 is 34.3 Å². The molecule has 3 N–H and O–H groups in total. The largest absolute Gasteiger partial charge is 0.508 e. The first-order valence-corrected chi connectivity index (χ1v) is 11.9. The van der Waals surface area contributed by atoms with Crippen molar-refractivity contribution in [3.63, 3.8) is 0 Å². The van der Waals surface area contributed by atoms with Crippen LogP contribution in [0.25, 0.3) is 10.9 Å². The van der Waals surface area contributed by atoms with E-state index in [1.165, 1.54) is 26.4 Å². The molecule has 0 fully saturated rings. The number of carbonyl (C=O) groups excluding carboxylic acids is 1. The van der Waals surface area contributed by atoms with Gasteiger partial charge in [0.2, 0.25) is 0 Å². The third-order valence-electron chi connectivity index (χ3n) is 4.96. The highest BCUT2D eigenvalue weighted by Crippen LogP contribution is 2.30. The molecule has 10 nitrogen and oxygen atoms in total. The van der Waals surface area contributed by atoms with Crippen LogP contribution in [0.15, 0.2) is 48.5 Å². The molecule has 1 amide bonds. The Labute approximate surface area is 208 Å². The van der Waals surface area contributed by atoms with Crippen molar-refractivity contribution < 1.29 is 29.0 Å². The molecule has 0 bridgehead atoms. The Bertz CT molecular complexity index is 1090. The van der Waals surface area contributed by atoms with Crippen LogP contribution in [0.5, 0.6) is 5.75 Å². The number of aromatic hydroxyl groups is 1. The summed E-state index contributed by atoms with van der Waals surface area (Å²) in [6, 6.07) is 13.8. The maximum Gasteiger partial charge on any atom is 0.296 e. The molecule has 0 aliphatic carbocycles. The van der Waals surface area contributed by atoms with Crippen molar-refractivity contribution in [2.24, 2.45) is 0 Å². The number of aromatic amines is 1. The van der Waals surface area contributed by atoms with E-state index in [0.717, 1.165) is 18.2 Å². The Morgan fingerprint density at radius 1 is 1.17 bits per heavy atom. The lowest BCUT2D eigenvalue weighted by Gasteiger charge is -2.24. The molecule has 35 heavy (non-hydrogen) atoms. The van der Waals surface area contributed by atoms with Gasteiger partial charge in [-0.15, -0.1) is 11.8 Å². The highest BCUT2D eigenvalue weighted by atomic mass is 32.2. The molecule has 1 unspecified atom stereocenters. The lowest BCUT2D eigenvalue weighted by molar-refractivity contribution is -0.383. The van der Waals surface area contributed by atoms with Crippen molar-refractivity contribution in [1.29, 1.82) is 0 Å². The highest BCUT2D eigenvalue weighted by Gasteiger charge is 2.24. The van der Waals surface area contributed by atoms with E-state index in [2.05, 4.69) is 15.0 Å². The topological polar surface area (TPSA) is 136 Å². The molecule has 0 saturated carbocycles. The molecule has 2 aromatic carbocycles. The number of nitro groups is 1. The second kappa shape index (κ2) is 14.3. The van der Waals surface area contributed by atoms with E-state index in [0.29, 0.717) is 11.1 Å². The number of amides is 1. The number of carbonyl (C=O) groups is 1. The van der Waals surface area contributed by atoms with Gasteiger partial charge in [-0.1, -0.05) is 30.3 Å². The Balaban J connectivity index is 0.00000100. The van der Waals surface area contributed by atoms with Crippen LogP contribution < -0.4 is 5.32 Å². The van der Waals surface area contributed by atoms with Gasteiger partial charge in [0.15, 0.2) is 6.29 Å². The quantitative estimate of drug-likeness (QED) is 0.201. The molecular formula is C24H31N3O7S. The van der Waals surface area contributed by atoms with Crippen LogP contribution >= 0.6 is 11.8 Å². The second-order valence-electron chi connectivity index (χ2n) is 7.33. The second-order valence-corrected chi connectivity index (χ2v) is 8.56. The van der Waals surface area contributed by atoms with Crippen LogP contribution in [0.3, 0.4) is 0 Å². The molecule has 3 rings (SSSR count). The number of nitrogens with zero attached hydrogens (tertiary/aromatic N) is 1. The van der Waals surface area contributed by atoms with Gasteiger partial charge >= 0.3 is 0 Å². The number of methoxy groups -OCH3 is 3. The number of H-pyrrole nitrogens is 1. The van der Waals surface area contributed by atoms with Gasteiger partial charge in [0.05, 0.1) is 16.2 Å². The summed E-state index contributed by atoms with van der Waals surface area (Å²) >= 11 is 1.59. The lowest BCUT2D eigenvalue weighted by Crippen LogP contribution is -2.39. The number of nitrogens with one attached hydrogen (secondary N) is 2. The normalized spacial score (nSPS) is 11.7. The summed E-state index contributed by atoms with van der Waals surface area (Å²) in [5.74, 6) is 0.0365. The summed E-state index contributed by atoms with van der Waals surface area (Å²) in [5, 5.41) is 23.9. The number of rotatable bonds is 11. The number of hydrogen-bond acceptors (Lipinski definition) is 8. The number of aromatic nitrogens is 1. The summed E-state index contributed by atoms with van der Waals surface area (Å²) in [6.45, 7) is 3.03. The minimum atomic E-state index is -0.613. The Morgan fingerprint density at radius 2 is 1.83 bits per heavy atom. The Hall–Kier alpha value is -3.12. The van der Waals surface area contributed by atoms with Crippen LogP contribution in [0, 0.1) is 10.1 Å². The maximum atomic E-state index is 12.7. The zero-order valence-corrected chi connectivity index (χ0v) is 21.0. The fourth-order valence-corrected chi connectivity index (χ4v) is 4.35. The Morgan fingerprint density at radius 3 is 2.40 bits per heavy atom. The summed E-state index contributed by atoms with van der Waals surface area (Å²) in [4.78, 5) is 26.1. The van der Waals surface area contributed by atoms with E-state index in [1.54, 1.807) is 18.9 Å². The molecular weight excluding hydrogens is 474 g/mol. The van der Waals surface area contributed by atoms with Gasteiger partial charge in [-0.25, -0.2) is 0 Å². The van der Waals surface area contributed by atoms with Gasteiger partial charge in [0.25, 0.3) is 11.6 Å². The summed E-state index contributed by atoms with van der Waals surface area (Å²) < 4.78 is 15.3. The standard InChI is InChI=1S/C21H23N3O6S.C3H8O/c1-29-21(30-2)18(31-12-13-6-4-3-5-7-13)11-22-20(26)16-9-14-8-15(25)10-17(24(27)28)19(14)23-16;1-3-4-2/h3-10,18,21,23,25H,11-12H2,1-2H3,(H,22,26);3H2,1-2H3. The number of thioether (sulfide) groups is 1. The molecule has 1 heterocycles. The minimum Gasteiger partial charge on any atom is -0.508 e. The van der Waals surface area contributed by atoms with Crippen molar-refractivity contribution in [1.82, 2.24) is 10.3 Å². The monoisotopic (exact) mass is 505 g/mol. The first kappa shape index (κ1) is 28.1. The molecule has 190 valence electrons. The summed E-state index contributed by atoms with van der Waals surface area (Å²) in [5.41, 5.74) is 1.16. The van der Waals surface area contributed by atoms with Crippen molar-refractivity contribution in [2.75, 3.05) is 34.5 Å². The van der Waals surface area contributed by atoms with Gasteiger partial charge in [-0.3, -0.25) is 14.9 Å². The van der Waals surface area contributed by atoms with Crippen molar-refractivity contribution in [3.05, 3.63) is 69.9 Å². The molecule has 0 aliphatic rings. The van der Waals surface area contributed by atoms with Crippen LogP contribution in [0.4, 0.5) is 5.69 Å². The highest BCUT2D eigenvalue weighted by molar-refractivity contribution is 7.99. The molecule has 11 heteroatoms. The number of ether oxygens (including phenoxy) is 3. The molecule has 0 saturated heterocycles. The maximum absolute atomic E-state index is 12.7. The van der Waals surface area contributed by atoms with E-state index in [1.807, 2.05) is 37.3 Å². The number of non-ortho nitro benzene ring substituents is 1. The fraction of sp³-hybridized carbons (Fsp3) is 0.375. The average molecular weight is 506 g/mol. The van der Waals surface area contributed by atoms with E-state index in [9.17, 15) is 20.0 Å². The molecule has 0 aliphatic heterocycles. The van der Waals surface area contributed by atoms with Crippen molar-refractivity contribution in [3.8, 4) is 5.75 Å². The van der Waals surface area contributed by atoms with Crippen LogP contribution in [0.1, 0.15) is 23.0 Å². The molecule has 1 atom stereocenters. The smallest absolute Gasteiger partial charge is 0.296 e. The first-order valence-electron chi connectivity index (χ1n) is 10.8. The number of nitro benzene ring substituents is 1. The zero-order chi connectivity index (χ0) is 25.8. The lowest BCUT2D eigenvalue weighted by atomic mass is 10.2. The average Bonchev–Trinajstić information content (AvgIpc) is 3.29. The number of phenols is 1.